The third-order valence-corrected chi connectivity index (χ3v) is 4.13. The van der Waals surface area contributed by atoms with Crippen molar-refractivity contribution in [3.05, 3.63) is 17.8 Å². The van der Waals surface area contributed by atoms with Gasteiger partial charge in [-0.15, -0.1) is 0 Å². The van der Waals surface area contributed by atoms with E-state index < -0.39 is 5.79 Å². The van der Waals surface area contributed by atoms with Gasteiger partial charge in [0.1, 0.15) is 5.76 Å². The summed E-state index contributed by atoms with van der Waals surface area (Å²) in [6.07, 6.45) is 2.89. The Kier molecular flexibility index (Phi) is 3.75. The van der Waals surface area contributed by atoms with Gasteiger partial charge < -0.3 is 18.8 Å². The fourth-order valence-corrected chi connectivity index (χ4v) is 2.99. The SMILES string of the molecule is CC(C)c1ocnc1C(=O)N1CCC2(CC1)OC[C@H](C)O2. The van der Waals surface area contributed by atoms with Crippen LogP contribution in [0, 0.1) is 0 Å². The van der Waals surface area contributed by atoms with E-state index in [4.69, 9.17) is 13.9 Å². The second-order valence-corrected chi connectivity index (χ2v) is 6.16. The van der Waals surface area contributed by atoms with Crippen LogP contribution in [0.3, 0.4) is 0 Å². The number of aromatic nitrogens is 1. The molecule has 1 amide bonds. The molecule has 2 fully saturated rings. The standard InChI is InChI=1S/C15H22N2O4/c1-10(2)13-12(16-9-19-13)14(18)17-6-4-15(5-7-17)20-8-11(3)21-15/h9-11H,4-8H2,1-3H3/t11-/m0/s1. The third kappa shape index (κ3) is 2.70. The number of carbonyl (C=O) groups excluding carboxylic acids is 1. The van der Waals surface area contributed by atoms with Gasteiger partial charge in [0, 0.05) is 31.8 Å². The van der Waals surface area contributed by atoms with Crippen LogP contribution in [0.15, 0.2) is 10.8 Å². The highest BCUT2D eigenvalue weighted by Gasteiger charge is 2.43. The molecule has 0 aromatic carbocycles. The minimum absolute atomic E-state index is 0.0617. The van der Waals surface area contributed by atoms with Gasteiger partial charge in [-0.3, -0.25) is 4.79 Å². The highest BCUT2D eigenvalue weighted by Crippen LogP contribution is 2.34. The van der Waals surface area contributed by atoms with Crippen molar-refractivity contribution in [2.24, 2.45) is 0 Å². The van der Waals surface area contributed by atoms with E-state index in [1.165, 1.54) is 6.39 Å². The van der Waals surface area contributed by atoms with Gasteiger partial charge in [-0.1, -0.05) is 13.8 Å². The Hall–Kier alpha value is -1.40. The first-order valence-corrected chi connectivity index (χ1v) is 7.55. The first-order valence-electron chi connectivity index (χ1n) is 7.55. The van der Waals surface area contributed by atoms with E-state index in [0.29, 0.717) is 44.0 Å². The summed E-state index contributed by atoms with van der Waals surface area (Å²) >= 11 is 0. The van der Waals surface area contributed by atoms with E-state index in [2.05, 4.69) is 4.98 Å². The quantitative estimate of drug-likeness (QED) is 0.836. The van der Waals surface area contributed by atoms with Crippen molar-refractivity contribution in [3.63, 3.8) is 0 Å². The maximum atomic E-state index is 12.6. The van der Waals surface area contributed by atoms with Crippen molar-refractivity contribution in [2.75, 3.05) is 19.7 Å². The lowest BCUT2D eigenvalue weighted by Crippen LogP contribution is -2.47. The van der Waals surface area contributed by atoms with Crippen LogP contribution in [0.2, 0.25) is 0 Å². The molecule has 2 aliphatic rings. The summed E-state index contributed by atoms with van der Waals surface area (Å²) in [6, 6.07) is 0. The molecule has 0 aliphatic carbocycles. The van der Waals surface area contributed by atoms with E-state index in [-0.39, 0.29) is 17.9 Å². The molecule has 0 N–H and O–H groups in total. The highest BCUT2D eigenvalue weighted by molar-refractivity contribution is 5.93. The van der Waals surface area contributed by atoms with E-state index in [0.717, 1.165) is 0 Å². The summed E-state index contributed by atoms with van der Waals surface area (Å²) in [4.78, 5) is 18.5. The Bertz CT molecular complexity index is 517. The fraction of sp³-hybridized carbons (Fsp3) is 0.733. The lowest BCUT2D eigenvalue weighted by Gasteiger charge is -2.37. The molecular weight excluding hydrogens is 272 g/mol. The molecule has 2 aliphatic heterocycles. The van der Waals surface area contributed by atoms with Crippen LogP contribution in [0.25, 0.3) is 0 Å². The van der Waals surface area contributed by atoms with Gasteiger partial charge in [-0.2, -0.15) is 0 Å². The second kappa shape index (κ2) is 5.42. The number of rotatable bonds is 2. The van der Waals surface area contributed by atoms with Crippen LogP contribution in [0.5, 0.6) is 0 Å². The van der Waals surface area contributed by atoms with Crippen LogP contribution in [0.1, 0.15) is 55.8 Å². The van der Waals surface area contributed by atoms with Crippen molar-refractivity contribution in [3.8, 4) is 0 Å². The summed E-state index contributed by atoms with van der Waals surface area (Å²) in [6.45, 7) is 7.87. The Morgan fingerprint density at radius 3 is 2.71 bits per heavy atom. The summed E-state index contributed by atoms with van der Waals surface area (Å²) in [5, 5.41) is 0. The van der Waals surface area contributed by atoms with Crippen molar-refractivity contribution >= 4 is 5.91 Å². The Morgan fingerprint density at radius 1 is 1.43 bits per heavy atom. The lowest BCUT2D eigenvalue weighted by atomic mass is 10.0. The molecule has 1 aromatic rings. The number of carbonyl (C=O) groups is 1. The molecule has 6 heteroatoms. The maximum Gasteiger partial charge on any atom is 0.276 e. The Balaban J connectivity index is 1.67. The molecule has 0 radical (unpaired) electrons. The molecule has 2 saturated heterocycles. The number of ether oxygens (including phenoxy) is 2. The molecule has 6 nitrogen and oxygen atoms in total. The normalized spacial score (nSPS) is 25.0. The molecule has 3 rings (SSSR count). The van der Waals surface area contributed by atoms with Crippen LogP contribution in [-0.2, 0) is 9.47 Å². The van der Waals surface area contributed by atoms with Gasteiger partial charge in [0.05, 0.1) is 12.7 Å². The smallest absolute Gasteiger partial charge is 0.276 e. The lowest BCUT2D eigenvalue weighted by molar-refractivity contribution is -0.190. The fourth-order valence-electron chi connectivity index (χ4n) is 2.99. The minimum atomic E-state index is -0.485. The number of amides is 1. The Morgan fingerprint density at radius 2 is 2.14 bits per heavy atom. The van der Waals surface area contributed by atoms with Crippen LogP contribution in [0.4, 0.5) is 0 Å². The molecule has 1 aromatic heterocycles. The van der Waals surface area contributed by atoms with Crippen LogP contribution < -0.4 is 0 Å². The molecule has 0 bridgehead atoms. The average molecular weight is 294 g/mol. The first-order chi connectivity index (χ1) is 10.0. The minimum Gasteiger partial charge on any atom is -0.447 e. The average Bonchev–Trinajstić information content (AvgIpc) is 3.07. The number of oxazole rings is 1. The van der Waals surface area contributed by atoms with Crippen LogP contribution >= 0.6 is 0 Å². The van der Waals surface area contributed by atoms with Gasteiger partial charge in [0.25, 0.3) is 5.91 Å². The predicted octanol–water partition coefficient (Wildman–Crippen LogP) is 2.17. The molecule has 21 heavy (non-hydrogen) atoms. The number of hydrogen-bond acceptors (Lipinski definition) is 5. The summed E-state index contributed by atoms with van der Waals surface area (Å²) in [5.74, 6) is 0.251. The summed E-state index contributed by atoms with van der Waals surface area (Å²) in [7, 11) is 0. The van der Waals surface area contributed by atoms with Gasteiger partial charge in [-0.25, -0.2) is 4.98 Å². The summed E-state index contributed by atoms with van der Waals surface area (Å²) < 4.78 is 17.0. The van der Waals surface area contributed by atoms with Crippen molar-refractivity contribution in [1.82, 2.24) is 9.88 Å². The number of nitrogens with zero attached hydrogens (tertiary/aromatic N) is 2. The van der Waals surface area contributed by atoms with E-state index in [1.807, 2.05) is 25.7 Å². The molecule has 1 spiro atoms. The monoisotopic (exact) mass is 294 g/mol. The zero-order chi connectivity index (χ0) is 15.0. The third-order valence-electron chi connectivity index (χ3n) is 4.13. The number of piperidine rings is 1. The van der Waals surface area contributed by atoms with E-state index in [9.17, 15) is 4.79 Å². The molecule has 3 heterocycles. The van der Waals surface area contributed by atoms with Crippen molar-refractivity contribution in [2.45, 2.75) is 51.4 Å². The molecule has 116 valence electrons. The molecular formula is C15H22N2O4. The maximum absolute atomic E-state index is 12.6. The predicted molar refractivity (Wildman–Crippen MR) is 75.0 cm³/mol. The van der Waals surface area contributed by atoms with E-state index in [1.54, 1.807) is 0 Å². The van der Waals surface area contributed by atoms with Crippen LogP contribution in [-0.4, -0.2) is 47.4 Å². The second-order valence-electron chi connectivity index (χ2n) is 6.16. The van der Waals surface area contributed by atoms with Gasteiger partial charge in [0.15, 0.2) is 17.9 Å². The topological polar surface area (TPSA) is 64.8 Å². The van der Waals surface area contributed by atoms with Gasteiger partial charge >= 0.3 is 0 Å². The first kappa shape index (κ1) is 14.5. The summed E-state index contributed by atoms with van der Waals surface area (Å²) in [5.41, 5.74) is 0.433. The van der Waals surface area contributed by atoms with Gasteiger partial charge in [-0.05, 0) is 6.92 Å². The molecule has 1 atom stereocenters. The van der Waals surface area contributed by atoms with Crippen molar-refractivity contribution in [1.29, 1.82) is 0 Å². The zero-order valence-electron chi connectivity index (χ0n) is 12.8. The molecule has 0 saturated carbocycles. The van der Waals surface area contributed by atoms with Crippen molar-refractivity contribution < 1.29 is 18.7 Å². The largest absolute Gasteiger partial charge is 0.447 e. The van der Waals surface area contributed by atoms with Gasteiger partial charge in [0.2, 0.25) is 0 Å². The number of likely N-dealkylation sites (tertiary alicyclic amines) is 1. The Labute approximate surface area is 124 Å². The molecule has 0 unspecified atom stereocenters. The van der Waals surface area contributed by atoms with E-state index >= 15 is 0 Å². The highest BCUT2D eigenvalue weighted by atomic mass is 16.7. The number of hydrogen-bond donors (Lipinski definition) is 0. The zero-order valence-corrected chi connectivity index (χ0v) is 12.8.